The molecule has 0 atom stereocenters. The van der Waals surface area contributed by atoms with Crippen LogP contribution in [0.5, 0.6) is 0 Å². The monoisotopic (exact) mass is 280 g/mol. The van der Waals surface area contributed by atoms with E-state index < -0.39 is 0 Å². The number of aliphatic hydroxyl groups is 1. The number of hydrogen-bond donors (Lipinski definition) is 2. The van der Waals surface area contributed by atoms with Crippen LogP contribution >= 0.6 is 0 Å². The number of nitrogens with zero attached hydrogens (tertiary/aromatic N) is 3. The summed E-state index contributed by atoms with van der Waals surface area (Å²) in [5.41, 5.74) is 2.91. The summed E-state index contributed by atoms with van der Waals surface area (Å²) in [5.74, 6) is 0.170. The van der Waals surface area contributed by atoms with Crippen molar-refractivity contribution in [3.63, 3.8) is 0 Å². The Balaban J connectivity index is 1.93. The second-order valence-corrected chi connectivity index (χ2v) is 5.39. The molecule has 0 saturated carbocycles. The number of aromatic nitrogens is 2. The fourth-order valence-electron chi connectivity index (χ4n) is 2.68. The highest BCUT2D eigenvalue weighted by Gasteiger charge is 2.20. The third kappa shape index (κ3) is 3.58. The molecular formula is C14H24N4O2. The lowest BCUT2D eigenvalue weighted by molar-refractivity contribution is -0.130. The Morgan fingerprint density at radius 1 is 1.30 bits per heavy atom. The SMILES string of the molecule is Cc1n[nH]c(C)c1CC(=O)N1CCCN(CCO)CC1. The van der Waals surface area contributed by atoms with Gasteiger partial charge in [-0.25, -0.2) is 0 Å². The number of nitrogens with one attached hydrogen (secondary N) is 1. The molecule has 1 fully saturated rings. The van der Waals surface area contributed by atoms with Gasteiger partial charge in [-0.3, -0.25) is 14.8 Å². The van der Waals surface area contributed by atoms with Gasteiger partial charge >= 0.3 is 0 Å². The van der Waals surface area contributed by atoms with Crippen LogP contribution in [0.25, 0.3) is 0 Å². The van der Waals surface area contributed by atoms with Crippen LogP contribution in [0.3, 0.4) is 0 Å². The Labute approximate surface area is 119 Å². The van der Waals surface area contributed by atoms with E-state index in [1.165, 1.54) is 0 Å². The summed E-state index contributed by atoms with van der Waals surface area (Å²) in [5, 5.41) is 16.0. The van der Waals surface area contributed by atoms with Gasteiger partial charge in [-0.15, -0.1) is 0 Å². The molecule has 2 heterocycles. The molecule has 6 heteroatoms. The predicted octanol–water partition coefficient (Wildman–Crippen LogP) is 0.0956. The van der Waals surface area contributed by atoms with Gasteiger partial charge in [0, 0.05) is 37.4 Å². The van der Waals surface area contributed by atoms with Gasteiger partial charge in [0.1, 0.15) is 0 Å². The van der Waals surface area contributed by atoms with Crippen LogP contribution in [0.4, 0.5) is 0 Å². The number of aryl methyl sites for hydroxylation is 2. The van der Waals surface area contributed by atoms with E-state index in [1.807, 2.05) is 18.7 Å². The lowest BCUT2D eigenvalue weighted by Crippen LogP contribution is -2.36. The molecule has 2 rings (SSSR count). The summed E-state index contributed by atoms with van der Waals surface area (Å²) in [7, 11) is 0. The van der Waals surface area contributed by atoms with Gasteiger partial charge < -0.3 is 10.0 Å². The van der Waals surface area contributed by atoms with Crippen LogP contribution in [-0.4, -0.2) is 70.3 Å². The molecule has 1 aromatic rings. The normalized spacial score (nSPS) is 17.2. The van der Waals surface area contributed by atoms with E-state index in [0.29, 0.717) is 13.0 Å². The second kappa shape index (κ2) is 6.85. The van der Waals surface area contributed by atoms with Gasteiger partial charge in [0.05, 0.1) is 18.7 Å². The van der Waals surface area contributed by atoms with Crippen LogP contribution in [0.15, 0.2) is 0 Å². The quantitative estimate of drug-likeness (QED) is 0.820. The average molecular weight is 280 g/mol. The van der Waals surface area contributed by atoms with Gasteiger partial charge in [-0.2, -0.15) is 5.10 Å². The Morgan fingerprint density at radius 3 is 2.75 bits per heavy atom. The third-order valence-corrected chi connectivity index (χ3v) is 3.97. The zero-order valence-corrected chi connectivity index (χ0v) is 12.4. The van der Waals surface area contributed by atoms with Crippen LogP contribution in [0.2, 0.25) is 0 Å². The highest BCUT2D eigenvalue weighted by Crippen LogP contribution is 2.12. The fraction of sp³-hybridized carbons (Fsp3) is 0.714. The van der Waals surface area contributed by atoms with Crippen molar-refractivity contribution >= 4 is 5.91 Å². The van der Waals surface area contributed by atoms with E-state index in [4.69, 9.17) is 5.11 Å². The second-order valence-electron chi connectivity index (χ2n) is 5.39. The van der Waals surface area contributed by atoms with E-state index in [1.54, 1.807) is 0 Å². The van der Waals surface area contributed by atoms with Gasteiger partial charge in [0.2, 0.25) is 5.91 Å². The van der Waals surface area contributed by atoms with Gasteiger partial charge in [-0.05, 0) is 26.8 Å². The average Bonchev–Trinajstić information content (AvgIpc) is 2.66. The molecule has 0 radical (unpaired) electrons. The molecule has 0 bridgehead atoms. The number of carbonyl (C=O) groups excluding carboxylic acids is 1. The molecule has 0 aromatic carbocycles. The first-order valence-corrected chi connectivity index (χ1v) is 7.23. The number of H-pyrrole nitrogens is 1. The number of aliphatic hydroxyl groups excluding tert-OH is 1. The molecule has 0 aliphatic carbocycles. The van der Waals surface area contributed by atoms with Crippen molar-refractivity contribution in [3.05, 3.63) is 17.0 Å². The first-order chi connectivity index (χ1) is 9.61. The highest BCUT2D eigenvalue weighted by molar-refractivity contribution is 5.79. The fourth-order valence-corrected chi connectivity index (χ4v) is 2.68. The zero-order chi connectivity index (χ0) is 14.5. The molecule has 20 heavy (non-hydrogen) atoms. The van der Waals surface area contributed by atoms with E-state index in [2.05, 4.69) is 15.1 Å². The number of carbonyl (C=O) groups is 1. The number of amides is 1. The third-order valence-electron chi connectivity index (χ3n) is 3.97. The first-order valence-electron chi connectivity index (χ1n) is 7.23. The smallest absolute Gasteiger partial charge is 0.227 e. The standard InChI is InChI=1S/C14H24N4O2/c1-11-13(12(2)16-15-11)10-14(20)18-5-3-4-17(6-7-18)8-9-19/h19H,3-10H2,1-2H3,(H,15,16). The molecule has 2 N–H and O–H groups in total. The van der Waals surface area contributed by atoms with Crippen LogP contribution in [-0.2, 0) is 11.2 Å². The van der Waals surface area contributed by atoms with Crippen molar-refractivity contribution in [2.75, 3.05) is 39.3 Å². The lowest BCUT2D eigenvalue weighted by Gasteiger charge is -2.21. The predicted molar refractivity (Wildman–Crippen MR) is 76.5 cm³/mol. The number of β-amino-alcohol motifs (C(OH)–C–C–N with tert-alkyl or cyclic N) is 1. The number of aromatic amines is 1. The van der Waals surface area contributed by atoms with Crippen LogP contribution in [0, 0.1) is 13.8 Å². The Kier molecular flexibility index (Phi) is 5.14. The minimum absolute atomic E-state index is 0.170. The van der Waals surface area contributed by atoms with E-state index in [9.17, 15) is 4.79 Å². The maximum Gasteiger partial charge on any atom is 0.227 e. The minimum Gasteiger partial charge on any atom is -0.395 e. The Hall–Kier alpha value is -1.40. The van der Waals surface area contributed by atoms with Crippen molar-refractivity contribution in [1.29, 1.82) is 0 Å². The van der Waals surface area contributed by atoms with Crippen molar-refractivity contribution in [1.82, 2.24) is 20.0 Å². The maximum absolute atomic E-state index is 12.4. The summed E-state index contributed by atoms with van der Waals surface area (Å²) in [4.78, 5) is 16.5. The summed E-state index contributed by atoms with van der Waals surface area (Å²) in [6, 6.07) is 0. The van der Waals surface area contributed by atoms with Crippen molar-refractivity contribution < 1.29 is 9.90 Å². The van der Waals surface area contributed by atoms with Gasteiger partial charge in [0.15, 0.2) is 0 Å². The summed E-state index contributed by atoms with van der Waals surface area (Å²) in [6.07, 6.45) is 1.39. The van der Waals surface area contributed by atoms with Crippen LogP contribution in [0.1, 0.15) is 23.4 Å². The molecule has 1 amide bonds. The molecule has 1 aromatic heterocycles. The highest BCUT2D eigenvalue weighted by atomic mass is 16.3. The molecule has 1 aliphatic heterocycles. The van der Waals surface area contributed by atoms with E-state index in [0.717, 1.165) is 49.6 Å². The van der Waals surface area contributed by atoms with E-state index in [-0.39, 0.29) is 12.5 Å². The number of rotatable bonds is 4. The van der Waals surface area contributed by atoms with Crippen molar-refractivity contribution in [2.24, 2.45) is 0 Å². The van der Waals surface area contributed by atoms with E-state index >= 15 is 0 Å². The van der Waals surface area contributed by atoms with Crippen LogP contribution < -0.4 is 0 Å². The van der Waals surface area contributed by atoms with Crippen molar-refractivity contribution in [2.45, 2.75) is 26.7 Å². The lowest BCUT2D eigenvalue weighted by atomic mass is 10.1. The summed E-state index contributed by atoms with van der Waals surface area (Å²) >= 11 is 0. The Bertz CT molecular complexity index is 439. The summed E-state index contributed by atoms with van der Waals surface area (Å²) < 4.78 is 0. The molecule has 1 aliphatic rings. The molecule has 6 nitrogen and oxygen atoms in total. The maximum atomic E-state index is 12.4. The zero-order valence-electron chi connectivity index (χ0n) is 12.4. The molecular weight excluding hydrogens is 256 g/mol. The topological polar surface area (TPSA) is 72.5 Å². The molecule has 1 saturated heterocycles. The molecule has 0 spiro atoms. The number of hydrogen-bond acceptors (Lipinski definition) is 4. The first kappa shape index (κ1) is 15.0. The molecule has 112 valence electrons. The Morgan fingerprint density at radius 2 is 2.10 bits per heavy atom. The van der Waals surface area contributed by atoms with Gasteiger partial charge in [-0.1, -0.05) is 0 Å². The minimum atomic E-state index is 0.170. The van der Waals surface area contributed by atoms with Gasteiger partial charge in [0.25, 0.3) is 0 Å². The largest absolute Gasteiger partial charge is 0.395 e. The van der Waals surface area contributed by atoms with Crippen molar-refractivity contribution in [3.8, 4) is 0 Å². The summed E-state index contributed by atoms with van der Waals surface area (Å²) in [6.45, 7) is 8.10. The molecule has 0 unspecified atom stereocenters.